The average Bonchev–Trinajstić information content (AvgIpc) is 0.714. The van der Waals surface area contributed by atoms with E-state index in [0.29, 0.717) is 60.3 Å². The summed E-state index contributed by atoms with van der Waals surface area (Å²) >= 11 is 35.2. The number of phenolic OH excluding ortho intramolecular Hbond substituents is 3. The highest BCUT2D eigenvalue weighted by Gasteiger charge is 2.32. The number of benzene rings is 11. The molecule has 0 fully saturated rings. The first-order valence-electron chi connectivity index (χ1n) is 32.0. The Kier molecular flexibility index (Phi) is 33.5. The van der Waals surface area contributed by atoms with E-state index in [4.69, 9.17) is 91.8 Å². The lowest BCUT2D eigenvalue weighted by Crippen LogP contribution is -2.31. The van der Waals surface area contributed by atoms with Crippen LogP contribution in [0.3, 0.4) is 0 Å². The van der Waals surface area contributed by atoms with Crippen molar-refractivity contribution in [1.82, 2.24) is 19.2 Å². The summed E-state index contributed by atoms with van der Waals surface area (Å²) in [7, 11) is -7.92. The SMILES string of the molecule is Fc1ccc(CNCc2ccc(CNCc3ccc(F)cc3)cc2)cc1.NCc1ccc(CN)cc1.O=Cc1ccc(F)cc1.O=S(=O)(Cl)c1cc(Cl)cc(Cl)c1O.O=S(=O)(c1cc(Cl)cc(Cl)c1O)N(Cc1ccc(F)cc1)Cc1ccc(CN(Cc2ccc(F)cc2)S(=O)(=O)c2cc(Cl)cc(Cl)c2O)cc1. The molecule has 31 heteroatoms. The number of aromatic hydroxyl groups is 3. The van der Waals surface area contributed by atoms with Crippen LogP contribution in [0.1, 0.15) is 66.0 Å². The lowest BCUT2D eigenvalue weighted by molar-refractivity contribution is 0.112. The smallest absolute Gasteiger partial charge is 0.265 e. The molecular weight excluding hydrogens is 1610 g/mol. The largest absolute Gasteiger partial charge is 0.505 e. The van der Waals surface area contributed by atoms with Crippen LogP contribution in [-0.4, -0.2) is 55.5 Å². The number of nitrogens with two attached hydrogens (primary N) is 2. The maximum absolute atomic E-state index is 13.9. The first-order valence-corrected chi connectivity index (χ1v) is 39.4. The molecule has 0 aliphatic heterocycles. The summed E-state index contributed by atoms with van der Waals surface area (Å²) in [6.45, 7) is 3.26. The van der Waals surface area contributed by atoms with Crippen molar-refractivity contribution in [3.05, 3.63) is 351 Å². The second-order valence-electron chi connectivity index (χ2n) is 23.4. The first-order chi connectivity index (χ1) is 51.2. The number of hydrogen-bond donors (Lipinski definition) is 7. The zero-order valence-corrected chi connectivity index (χ0v) is 64.3. The fraction of sp³-hybridized carbons (Fsp3) is 0.130. The van der Waals surface area contributed by atoms with Gasteiger partial charge in [-0.25, -0.2) is 47.2 Å². The molecule has 0 aliphatic carbocycles. The van der Waals surface area contributed by atoms with Crippen LogP contribution in [0.4, 0.5) is 22.0 Å². The summed E-state index contributed by atoms with van der Waals surface area (Å²) in [4.78, 5) is 8.45. The van der Waals surface area contributed by atoms with Gasteiger partial charge >= 0.3 is 0 Å². The summed E-state index contributed by atoms with van der Waals surface area (Å²) in [6.07, 6.45) is 0.680. The average molecular weight is 1680 g/mol. The number of carbonyl (C=O) groups excluding carboxylic acids is 1. The fourth-order valence-corrected chi connectivity index (χ4v) is 15.6. The molecule has 0 unspecified atom stereocenters. The van der Waals surface area contributed by atoms with Crippen molar-refractivity contribution >= 4 is 116 Å². The Bertz CT molecular complexity index is 4890. The van der Waals surface area contributed by atoms with Crippen LogP contribution in [0.2, 0.25) is 30.1 Å². The Morgan fingerprint density at radius 1 is 0.333 bits per heavy atom. The monoisotopic (exact) mass is 1670 g/mol. The number of hydrogen-bond acceptors (Lipinski definition) is 14. The predicted octanol–water partition coefficient (Wildman–Crippen LogP) is 18.2. The Labute approximate surface area is 656 Å². The summed E-state index contributed by atoms with van der Waals surface area (Å²) in [5.74, 6) is -3.74. The molecule has 0 bridgehead atoms. The Morgan fingerprint density at radius 2 is 0.546 bits per heavy atom. The number of nitrogens with zero attached hydrogens (tertiary/aromatic N) is 2. The Morgan fingerprint density at radius 3 is 0.796 bits per heavy atom. The molecule has 11 rings (SSSR count). The molecular formula is C77H68Cl7F5N6O10S3. The van der Waals surface area contributed by atoms with E-state index in [1.165, 1.54) is 126 Å². The van der Waals surface area contributed by atoms with Gasteiger partial charge in [0.25, 0.3) is 9.05 Å². The molecule has 0 saturated carbocycles. The van der Waals surface area contributed by atoms with E-state index in [-0.39, 0.29) is 73.8 Å². The van der Waals surface area contributed by atoms with E-state index in [1.807, 2.05) is 24.3 Å². The third-order valence-corrected chi connectivity index (χ3v) is 21.9. The van der Waals surface area contributed by atoms with Crippen LogP contribution in [0.15, 0.2) is 245 Å². The molecule has 0 aromatic heterocycles. The van der Waals surface area contributed by atoms with E-state index in [2.05, 4.69) is 34.9 Å². The van der Waals surface area contributed by atoms with E-state index < -0.39 is 72.7 Å². The fourth-order valence-electron chi connectivity index (χ4n) is 9.72. The van der Waals surface area contributed by atoms with E-state index in [9.17, 15) is 67.3 Å². The van der Waals surface area contributed by atoms with Gasteiger partial charge in [0, 0.05) is 96.8 Å². The van der Waals surface area contributed by atoms with Crippen molar-refractivity contribution in [3.8, 4) is 17.2 Å². The van der Waals surface area contributed by atoms with Crippen LogP contribution in [0, 0.1) is 29.1 Å². The van der Waals surface area contributed by atoms with Crippen LogP contribution in [-0.2, 0) is 94.5 Å². The minimum Gasteiger partial charge on any atom is -0.505 e. The van der Waals surface area contributed by atoms with Gasteiger partial charge in [-0.05, 0) is 165 Å². The zero-order chi connectivity index (χ0) is 78.9. The van der Waals surface area contributed by atoms with Gasteiger partial charge in [-0.2, -0.15) is 8.61 Å². The van der Waals surface area contributed by atoms with Crippen LogP contribution >= 0.6 is 80.3 Å². The molecule has 16 nitrogen and oxygen atoms in total. The van der Waals surface area contributed by atoms with Crippen molar-refractivity contribution in [1.29, 1.82) is 0 Å². The molecule has 11 aromatic carbocycles. The molecule has 0 aliphatic rings. The standard InChI is InChI=1S/C34H26Cl4F2N2O6S2.C22H22F2N2.C8H12N2.C7H5FO.C6H3Cl3O3S/c35-25-13-29(37)33(43)31(15-25)49(45,46)41(19-23-5-9-27(39)10-6-23)17-21-1-2-22(4-3-21)18-42(20-24-7-11-28(40)12-8-24)50(47,48)32-16-26(36)14-30(38)34(32)44;23-21-9-5-19(6-10-21)15-25-13-17-1-2-18(4-3-17)14-26-16-20-7-11-22(24)12-8-20;9-5-7-1-2-8(6-10)4-3-7;8-7-3-1-6(5-9)2-4-7;7-3-1-4(8)6(10)5(2-3)13(9,11)12/h1-16,43-44H,17-20H2;1-12,25-26H,13-16H2;1-4H,5-6,9-10H2;1-5H;1-2,10H. The van der Waals surface area contributed by atoms with Gasteiger partial charge in [0.1, 0.15) is 50.1 Å². The first kappa shape index (κ1) is 87.0. The number of halogens is 12. The van der Waals surface area contributed by atoms with Crippen molar-refractivity contribution in [3.63, 3.8) is 0 Å². The maximum atomic E-state index is 13.9. The van der Waals surface area contributed by atoms with Gasteiger partial charge < -0.3 is 37.4 Å². The molecule has 0 amide bonds. The molecule has 0 atom stereocenters. The number of rotatable bonds is 24. The zero-order valence-electron chi connectivity index (χ0n) is 56.6. The van der Waals surface area contributed by atoms with E-state index in [0.717, 1.165) is 62.2 Å². The topological polar surface area (TPSA) is 263 Å². The highest BCUT2D eigenvalue weighted by molar-refractivity contribution is 8.13. The number of nitrogens with one attached hydrogen (secondary N) is 2. The summed E-state index contributed by atoms with van der Waals surface area (Å²) in [6, 6.07) is 58.4. The van der Waals surface area contributed by atoms with Gasteiger partial charge in [0.2, 0.25) is 20.0 Å². The minimum absolute atomic E-state index is 0.0223. The van der Waals surface area contributed by atoms with Gasteiger partial charge in [0.05, 0.1) is 15.1 Å². The lowest BCUT2D eigenvalue weighted by atomic mass is 10.1. The molecule has 0 heterocycles. The van der Waals surface area contributed by atoms with Crippen molar-refractivity contribution < 1.29 is 67.3 Å². The van der Waals surface area contributed by atoms with E-state index >= 15 is 0 Å². The van der Waals surface area contributed by atoms with Gasteiger partial charge in [-0.3, -0.25) is 4.79 Å². The molecule has 568 valence electrons. The van der Waals surface area contributed by atoms with Crippen LogP contribution < -0.4 is 22.1 Å². The van der Waals surface area contributed by atoms with Crippen LogP contribution in [0.5, 0.6) is 17.2 Å². The Hall–Kier alpha value is -8.22. The quantitative estimate of drug-likeness (QED) is 0.0169. The molecule has 108 heavy (non-hydrogen) atoms. The maximum Gasteiger partial charge on any atom is 0.265 e. The van der Waals surface area contributed by atoms with Gasteiger partial charge in [-0.15, -0.1) is 0 Å². The Balaban J connectivity index is 0.000000228. The molecule has 0 saturated heterocycles. The number of aldehydes is 1. The van der Waals surface area contributed by atoms with Crippen molar-refractivity contribution in [2.45, 2.75) is 80.1 Å². The third-order valence-electron chi connectivity index (χ3n) is 15.4. The van der Waals surface area contributed by atoms with E-state index in [1.54, 1.807) is 48.5 Å². The molecule has 11 aromatic rings. The second kappa shape index (κ2) is 41.5. The summed E-state index contributed by atoms with van der Waals surface area (Å²) < 4.78 is 144. The molecule has 0 radical (unpaired) electrons. The van der Waals surface area contributed by atoms with Crippen LogP contribution in [0.25, 0.3) is 0 Å². The van der Waals surface area contributed by atoms with Crippen molar-refractivity contribution in [2.75, 3.05) is 0 Å². The second-order valence-corrected chi connectivity index (χ2v) is 32.3. The third kappa shape index (κ3) is 27.1. The lowest BCUT2D eigenvalue weighted by Gasteiger charge is -2.25. The number of sulfonamides is 2. The molecule has 0 spiro atoms. The number of phenols is 3. The highest BCUT2D eigenvalue weighted by Crippen LogP contribution is 2.40. The van der Waals surface area contributed by atoms with Gasteiger partial charge in [-0.1, -0.05) is 191 Å². The highest BCUT2D eigenvalue weighted by atomic mass is 35.7. The number of carbonyl (C=O) groups is 1. The minimum atomic E-state index is -4.45. The van der Waals surface area contributed by atoms with Crippen molar-refractivity contribution in [2.24, 2.45) is 11.5 Å². The molecule has 9 N–H and O–H groups in total. The summed E-state index contributed by atoms with van der Waals surface area (Å²) in [5, 5.41) is 36.4. The predicted molar refractivity (Wildman–Crippen MR) is 414 cm³/mol. The van der Waals surface area contributed by atoms with Gasteiger partial charge in [0.15, 0.2) is 17.2 Å². The normalized spacial score (nSPS) is 11.3. The summed E-state index contributed by atoms with van der Waals surface area (Å²) in [5.41, 5.74) is 20.0.